The predicted molar refractivity (Wildman–Crippen MR) is 41.0 cm³/mol. The second-order valence-electron chi connectivity index (χ2n) is 0. The highest BCUT2D eigenvalue weighted by molar-refractivity contribution is 4.22. The molecule has 0 unspecified atom stereocenters. The number of hydrogen-bond acceptors (Lipinski definition) is 0. The van der Waals surface area contributed by atoms with Crippen molar-refractivity contribution in [2.45, 2.75) is 0 Å². The van der Waals surface area contributed by atoms with Crippen LogP contribution in [-0.2, 0) is 0 Å². The molecule has 0 aromatic heterocycles. The molecule has 0 aromatic carbocycles. The molecule has 0 amide bonds. The average Bonchev–Trinajstić information content (AvgIpc) is 1.81. The van der Waals surface area contributed by atoms with Crippen LogP contribution in [0.5, 0.6) is 0 Å². The Morgan fingerprint density at radius 2 is 0.375 bits per heavy atom. The normalized spacial score (nSPS) is 1.50. The van der Waals surface area contributed by atoms with Gasteiger partial charge in [0.1, 0.15) is 0 Å². The molecule has 0 aliphatic carbocycles. The van der Waals surface area contributed by atoms with Crippen LogP contribution in [0.2, 0.25) is 0 Å². The summed E-state index contributed by atoms with van der Waals surface area (Å²) in [5.74, 6) is 0. The third-order valence-corrected chi connectivity index (χ3v) is 0. The van der Waals surface area contributed by atoms with Gasteiger partial charge in [-0.3, -0.25) is 0 Å². The van der Waals surface area contributed by atoms with Crippen molar-refractivity contribution in [3.05, 3.63) is 39.5 Å². The molecule has 0 aromatic rings. The van der Waals surface area contributed by atoms with Crippen LogP contribution in [0.1, 0.15) is 0 Å². The minimum absolute atomic E-state index is 0. The largest absolute Gasteiger partial charge is 0.412 e. The maximum Gasteiger partial charge on any atom is -0.106 e. The molecule has 0 spiro atoms. The summed E-state index contributed by atoms with van der Waals surface area (Å²) in [5, 5.41) is 0. The van der Waals surface area contributed by atoms with Gasteiger partial charge in [-0.15, -0.1) is 39.5 Å². The molecule has 52 valence electrons. The summed E-state index contributed by atoms with van der Waals surface area (Å²) in [6.45, 7) is 18.0. The molecular formula is C6H16O2. The monoisotopic (exact) mass is 120 g/mol. The van der Waals surface area contributed by atoms with E-state index in [0.717, 1.165) is 0 Å². The summed E-state index contributed by atoms with van der Waals surface area (Å²) in [5.41, 5.74) is 0. The lowest BCUT2D eigenvalue weighted by atomic mass is 11.3. The quantitative estimate of drug-likeness (QED) is 0.424. The summed E-state index contributed by atoms with van der Waals surface area (Å²) in [6.07, 6.45) is 0. The van der Waals surface area contributed by atoms with E-state index in [0.29, 0.717) is 0 Å². The molecule has 0 atom stereocenters. The van der Waals surface area contributed by atoms with Crippen LogP contribution in [0.3, 0.4) is 0 Å². The first-order valence-electron chi connectivity index (χ1n) is 1.50. The standard InChI is InChI=1S/3C2H4.2H2O/c3*1-2;;/h3*1-2H2;2*1H2. The fourth-order valence-corrected chi connectivity index (χ4v) is 0. The van der Waals surface area contributed by atoms with Gasteiger partial charge in [-0.2, -0.15) is 0 Å². The van der Waals surface area contributed by atoms with Gasteiger partial charge in [0.15, 0.2) is 0 Å². The Morgan fingerprint density at radius 3 is 0.375 bits per heavy atom. The summed E-state index contributed by atoms with van der Waals surface area (Å²) >= 11 is 0. The Bertz CT molecular complexity index is 11.2. The maximum atomic E-state index is 3.00. The Hall–Kier alpha value is -0.860. The van der Waals surface area contributed by atoms with Gasteiger partial charge in [-0.25, -0.2) is 0 Å². The number of hydrogen-bond donors (Lipinski definition) is 0. The van der Waals surface area contributed by atoms with Crippen molar-refractivity contribution in [2.24, 2.45) is 0 Å². The Kier molecular flexibility index (Phi) is 1610. The van der Waals surface area contributed by atoms with Gasteiger partial charge in [0.05, 0.1) is 0 Å². The third-order valence-electron chi connectivity index (χ3n) is 0. The fourth-order valence-electron chi connectivity index (χ4n) is 0. The molecule has 2 nitrogen and oxygen atoms in total. The van der Waals surface area contributed by atoms with E-state index in [2.05, 4.69) is 39.5 Å². The van der Waals surface area contributed by atoms with Gasteiger partial charge in [0, 0.05) is 0 Å². The Labute approximate surface area is 51.5 Å². The second-order valence-corrected chi connectivity index (χ2v) is 0. The highest BCUT2D eigenvalue weighted by Crippen LogP contribution is 0.866. The lowest BCUT2D eigenvalue weighted by Gasteiger charge is -0.813. The van der Waals surface area contributed by atoms with E-state index in [1.807, 2.05) is 0 Å². The van der Waals surface area contributed by atoms with Gasteiger partial charge in [-0.05, 0) is 0 Å². The molecule has 0 saturated heterocycles. The van der Waals surface area contributed by atoms with Gasteiger partial charge in [0.25, 0.3) is 0 Å². The van der Waals surface area contributed by atoms with E-state index in [1.165, 1.54) is 0 Å². The van der Waals surface area contributed by atoms with Crippen LogP contribution in [0.25, 0.3) is 0 Å². The molecule has 0 radical (unpaired) electrons. The SMILES string of the molecule is C=C.C=C.C=C.O.O. The van der Waals surface area contributed by atoms with Crippen LogP contribution in [0.4, 0.5) is 0 Å². The summed E-state index contributed by atoms with van der Waals surface area (Å²) in [7, 11) is 0. The smallest absolute Gasteiger partial charge is 0.106 e. The zero-order chi connectivity index (χ0) is 6.00. The van der Waals surface area contributed by atoms with Crippen LogP contribution in [-0.4, -0.2) is 11.0 Å². The van der Waals surface area contributed by atoms with Gasteiger partial charge in [-0.1, -0.05) is 0 Å². The Balaban J connectivity index is -0.00000000500. The summed E-state index contributed by atoms with van der Waals surface area (Å²) in [6, 6.07) is 0. The van der Waals surface area contributed by atoms with Crippen LogP contribution in [0.15, 0.2) is 39.5 Å². The molecule has 0 rings (SSSR count). The molecule has 4 N–H and O–H groups in total. The van der Waals surface area contributed by atoms with Crippen LogP contribution >= 0.6 is 0 Å². The molecule has 2 heteroatoms. The first-order valence-corrected chi connectivity index (χ1v) is 1.50. The van der Waals surface area contributed by atoms with Crippen molar-refractivity contribution in [3.8, 4) is 0 Å². The van der Waals surface area contributed by atoms with Crippen molar-refractivity contribution >= 4 is 0 Å². The zero-order valence-corrected chi connectivity index (χ0v) is 5.24. The van der Waals surface area contributed by atoms with E-state index < -0.39 is 0 Å². The Morgan fingerprint density at radius 1 is 0.375 bits per heavy atom. The minimum atomic E-state index is 0. The third kappa shape index (κ3) is 119. The van der Waals surface area contributed by atoms with Gasteiger partial charge < -0.3 is 11.0 Å². The topological polar surface area (TPSA) is 63.0 Å². The first kappa shape index (κ1) is 58.8. The molecular weight excluding hydrogens is 104 g/mol. The summed E-state index contributed by atoms with van der Waals surface area (Å²) < 4.78 is 0. The second kappa shape index (κ2) is 219. The zero-order valence-electron chi connectivity index (χ0n) is 5.24. The highest BCUT2D eigenvalue weighted by atomic mass is 16.0. The van der Waals surface area contributed by atoms with Crippen LogP contribution < -0.4 is 0 Å². The van der Waals surface area contributed by atoms with Crippen molar-refractivity contribution in [1.29, 1.82) is 0 Å². The van der Waals surface area contributed by atoms with E-state index >= 15 is 0 Å². The fraction of sp³-hybridized carbons (Fsp3) is 0. The van der Waals surface area contributed by atoms with Crippen molar-refractivity contribution in [2.75, 3.05) is 0 Å². The molecule has 0 aliphatic rings. The van der Waals surface area contributed by atoms with Crippen molar-refractivity contribution in [3.63, 3.8) is 0 Å². The van der Waals surface area contributed by atoms with E-state index in [-0.39, 0.29) is 11.0 Å². The molecule has 0 bridgehead atoms. The van der Waals surface area contributed by atoms with Gasteiger partial charge in [0.2, 0.25) is 0 Å². The molecule has 0 aliphatic heterocycles. The predicted octanol–water partition coefficient (Wildman–Crippen LogP) is 0.757. The molecule has 0 heterocycles. The van der Waals surface area contributed by atoms with Crippen LogP contribution in [0, 0.1) is 0 Å². The van der Waals surface area contributed by atoms with E-state index in [9.17, 15) is 0 Å². The van der Waals surface area contributed by atoms with E-state index in [1.54, 1.807) is 0 Å². The molecule has 0 saturated carbocycles. The van der Waals surface area contributed by atoms with Gasteiger partial charge >= 0.3 is 0 Å². The number of rotatable bonds is 0. The molecule has 8 heavy (non-hydrogen) atoms. The maximum absolute atomic E-state index is 3.00. The van der Waals surface area contributed by atoms with Crippen molar-refractivity contribution in [1.82, 2.24) is 0 Å². The molecule has 0 fully saturated rings. The minimum Gasteiger partial charge on any atom is -0.412 e. The summed E-state index contributed by atoms with van der Waals surface area (Å²) in [4.78, 5) is 0. The lowest BCUT2D eigenvalue weighted by Crippen LogP contribution is -0.552. The lowest BCUT2D eigenvalue weighted by molar-refractivity contribution is 0.823. The van der Waals surface area contributed by atoms with Crippen molar-refractivity contribution < 1.29 is 11.0 Å². The van der Waals surface area contributed by atoms with E-state index in [4.69, 9.17) is 0 Å². The first-order chi connectivity index (χ1) is 3.00. The highest BCUT2D eigenvalue weighted by Gasteiger charge is 0.605. The average molecular weight is 120 g/mol.